The van der Waals surface area contributed by atoms with Crippen molar-refractivity contribution in [3.8, 4) is 11.3 Å². The number of rotatable bonds is 6. The zero-order chi connectivity index (χ0) is 18.5. The van der Waals surface area contributed by atoms with Crippen LogP contribution in [0.2, 0.25) is 0 Å². The lowest BCUT2D eigenvalue weighted by molar-refractivity contribution is -0.121. The number of hydrogen-bond acceptors (Lipinski definition) is 4. The van der Waals surface area contributed by atoms with Crippen molar-refractivity contribution in [3.63, 3.8) is 0 Å². The highest BCUT2D eigenvalue weighted by Gasteiger charge is 2.12. The molecule has 0 aliphatic heterocycles. The van der Waals surface area contributed by atoms with Crippen LogP contribution in [0.5, 0.6) is 0 Å². The summed E-state index contributed by atoms with van der Waals surface area (Å²) in [6.07, 6.45) is 5.97. The number of benzene rings is 1. The van der Waals surface area contributed by atoms with E-state index in [0.717, 1.165) is 16.9 Å². The molecule has 134 valence electrons. The van der Waals surface area contributed by atoms with Crippen LogP contribution in [0.15, 0.2) is 53.3 Å². The van der Waals surface area contributed by atoms with Gasteiger partial charge in [0, 0.05) is 30.8 Å². The number of oxazole rings is 1. The Labute approximate surface area is 153 Å². The number of nitrogens with zero attached hydrogens (tertiary/aromatic N) is 2. The molecule has 1 N–H and O–H groups in total. The molecule has 2 aromatic heterocycles. The number of amides is 1. The summed E-state index contributed by atoms with van der Waals surface area (Å²) in [6, 6.07) is 9.92. The van der Waals surface area contributed by atoms with Crippen molar-refractivity contribution in [3.05, 3.63) is 71.5 Å². The second-order valence-corrected chi connectivity index (χ2v) is 6.49. The van der Waals surface area contributed by atoms with Gasteiger partial charge in [-0.2, -0.15) is 0 Å². The van der Waals surface area contributed by atoms with E-state index in [1.165, 1.54) is 11.1 Å². The van der Waals surface area contributed by atoms with Crippen molar-refractivity contribution in [2.24, 2.45) is 0 Å². The molecule has 5 heteroatoms. The van der Waals surface area contributed by atoms with Crippen LogP contribution in [0.1, 0.15) is 42.0 Å². The van der Waals surface area contributed by atoms with Gasteiger partial charge in [-0.05, 0) is 55.7 Å². The lowest BCUT2D eigenvalue weighted by Crippen LogP contribution is -2.26. The predicted molar refractivity (Wildman–Crippen MR) is 101 cm³/mol. The van der Waals surface area contributed by atoms with Gasteiger partial charge >= 0.3 is 0 Å². The second-order valence-electron chi connectivity index (χ2n) is 6.49. The fourth-order valence-electron chi connectivity index (χ4n) is 2.72. The van der Waals surface area contributed by atoms with Crippen molar-refractivity contribution in [2.45, 2.75) is 39.7 Å². The normalized spacial score (nSPS) is 12.0. The molecule has 1 unspecified atom stereocenters. The zero-order valence-corrected chi connectivity index (χ0v) is 15.3. The van der Waals surface area contributed by atoms with Crippen LogP contribution >= 0.6 is 0 Å². The molecule has 3 aromatic rings. The van der Waals surface area contributed by atoms with E-state index < -0.39 is 0 Å². The van der Waals surface area contributed by atoms with Gasteiger partial charge in [0.25, 0.3) is 0 Å². The van der Waals surface area contributed by atoms with Crippen molar-refractivity contribution < 1.29 is 9.21 Å². The molecular formula is C21H23N3O2. The summed E-state index contributed by atoms with van der Waals surface area (Å²) in [5.41, 5.74) is 4.49. The van der Waals surface area contributed by atoms with E-state index in [4.69, 9.17) is 4.42 Å². The molecule has 26 heavy (non-hydrogen) atoms. The van der Waals surface area contributed by atoms with E-state index in [2.05, 4.69) is 41.3 Å². The monoisotopic (exact) mass is 349 g/mol. The first-order chi connectivity index (χ1) is 12.5. The van der Waals surface area contributed by atoms with E-state index >= 15 is 0 Å². The summed E-state index contributed by atoms with van der Waals surface area (Å²) in [6.45, 7) is 6.11. The zero-order valence-electron chi connectivity index (χ0n) is 15.3. The van der Waals surface area contributed by atoms with E-state index in [1.54, 1.807) is 18.6 Å². The number of pyridine rings is 1. The fourth-order valence-corrected chi connectivity index (χ4v) is 2.72. The topological polar surface area (TPSA) is 68.0 Å². The largest absolute Gasteiger partial charge is 0.441 e. The first kappa shape index (κ1) is 17.9. The summed E-state index contributed by atoms with van der Waals surface area (Å²) >= 11 is 0. The number of carbonyl (C=O) groups is 1. The van der Waals surface area contributed by atoms with Gasteiger partial charge in [-0.15, -0.1) is 0 Å². The maximum absolute atomic E-state index is 12.2. The number of carbonyl (C=O) groups excluding carboxylic acids is 1. The number of aromatic nitrogens is 2. The molecule has 0 saturated carbocycles. The maximum Gasteiger partial charge on any atom is 0.220 e. The van der Waals surface area contributed by atoms with Gasteiger partial charge < -0.3 is 9.73 Å². The summed E-state index contributed by atoms with van der Waals surface area (Å²) in [7, 11) is 0. The Kier molecular flexibility index (Phi) is 5.46. The molecule has 0 spiro atoms. The summed E-state index contributed by atoms with van der Waals surface area (Å²) in [4.78, 5) is 20.4. The maximum atomic E-state index is 12.2. The fraction of sp³-hybridized carbons (Fsp3) is 0.286. The minimum atomic E-state index is -0.0545. The molecule has 0 fully saturated rings. The lowest BCUT2D eigenvalue weighted by atomic mass is 10.1. The second kappa shape index (κ2) is 7.95. The Hall–Kier alpha value is -2.95. The molecule has 5 nitrogen and oxygen atoms in total. The van der Waals surface area contributed by atoms with Crippen LogP contribution in [0.3, 0.4) is 0 Å². The van der Waals surface area contributed by atoms with Gasteiger partial charge in [0.1, 0.15) is 0 Å². The first-order valence-corrected chi connectivity index (χ1v) is 8.74. The van der Waals surface area contributed by atoms with E-state index in [9.17, 15) is 4.79 Å². The Morgan fingerprint density at radius 2 is 1.92 bits per heavy atom. The first-order valence-electron chi connectivity index (χ1n) is 8.74. The van der Waals surface area contributed by atoms with Crippen molar-refractivity contribution in [1.82, 2.24) is 15.3 Å². The smallest absolute Gasteiger partial charge is 0.220 e. The lowest BCUT2D eigenvalue weighted by Gasteiger charge is -2.13. The molecule has 0 bridgehead atoms. The highest BCUT2D eigenvalue weighted by Crippen LogP contribution is 2.23. The molecule has 3 rings (SSSR count). The molecule has 1 atom stereocenters. The highest BCUT2D eigenvalue weighted by atomic mass is 16.4. The van der Waals surface area contributed by atoms with Crippen LogP contribution in [-0.2, 0) is 11.2 Å². The molecule has 0 radical (unpaired) electrons. The quantitative estimate of drug-likeness (QED) is 0.725. The predicted octanol–water partition coefficient (Wildman–Crippen LogP) is 4.16. The standard InChI is InChI=1S/C21H23N3O2/c1-14-4-5-18(12-15(14)2)19-13-23-21(26-19)7-6-20(25)24-16(3)17-8-10-22-11-9-17/h4-5,8-13,16H,6-7H2,1-3H3,(H,24,25). The van der Waals surface area contributed by atoms with Gasteiger partial charge in [-0.1, -0.05) is 12.1 Å². The molecule has 2 heterocycles. The minimum absolute atomic E-state index is 0.0276. The molecule has 0 aliphatic carbocycles. The third-order valence-electron chi connectivity index (χ3n) is 4.49. The van der Waals surface area contributed by atoms with Crippen molar-refractivity contribution in [1.29, 1.82) is 0 Å². The molecular weight excluding hydrogens is 326 g/mol. The van der Waals surface area contributed by atoms with Crippen LogP contribution in [0.25, 0.3) is 11.3 Å². The average Bonchev–Trinajstić information content (AvgIpc) is 3.12. The van der Waals surface area contributed by atoms with Crippen LogP contribution in [-0.4, -0.2) is 15.9 Å². The molecule has 1 amide bonds. The van der Waals surface area contributed by atoms with Gasteiger partial charge in [-0.3, -0.25) is 9.78 Å². The molecule has 0 saturated heterocycles. The number of aryl methyl sites for hydroxylation is 3. The minimum Gasteiger partial charge on any atom is -0.441 e. The SMILES string of the molecule is Cc1ccc(-c2cnc(CCC(=O)NC(C)c3ccncc3)o2)cc1C. The number of hydrogen-bond donors (Lipinski definition) is 1. The Balaban J connectivity index is 1.56. The van der Waals surface area contributed by atoms with Gasteiger partial charge in [0.15, 0.2) is 11.7 Å². The van der Waals surface area contributed by atoms with Gasteiger partial charge in [0.05, 0.1) is 12.2 Å². The average molecular weight is 349 g/mol. The van der Waals surface area contributed by atoms with Gasteiger partial charge in [-0.25, -0.2) is 4.98 Å². The Bertz CT molecular complexity index is 887. The molecule has 0 aliphatic rings. The third-order valence-corrected chi connectivity index (χ3v) is 4.49. The highest BCUT2D eigenvalue weighted by molar-refractivity contribution is 5.76. The van der Waals surface area contributed by atoms with Crippen molar-refractivity contribution >= 4 is 5.91 Å². The summed E-state index contributed by atoms with van der Waals surface area (Å²) in [5.74, 6) is 1.28. The third kappa shape index (κ3) is 4.36. The Morgan fingerprint density at radius 3 is 2.65 bits per heavy atom. The number of nitrogens with one attached hydrogen (secondary N) is 1. The van der Waals surface area contributed by atoms with E-state index in [0.29, 0.717) is 18.7 Å². The molecule has 1 aromatic carbocycles. The summed E-state index contributed by atoms with van der Waals surface area (Å²) < 4.78 is 5.81. The van der Waals surface area contributed by atoms with Crippen LogP contribution in [0.4, 0.5) is 0 Å². The summed E-state index contributed by atoms with van der Waals surface area (Å²) in [5, 5.41) is 2.98. The van der Waals surface area contributed by atoms with Crippen LogP contribution in [0, 0.1) is 13.8 Å². The van der Waals surface area contributed by atoms with Gasteiger partial charge in [0.2, 0.25) is 5.91 Å². The van der Waals surface area contributed by atoms with Crippen molar-refractivity contribution in [2.75, 3.05) is 0 Å². The Morgan fingerprint density at radius 1 is 1.15 bits per heavy atom. The van der Waals surface area contributed by atoms with E-state index in [-0.39, 0.29) is 11.9 Å². The van der Waals surface area contributed by atoms with Crippen LogP contribution < -0.4 is 5.32 Å². The van der Waals surface area contributed by atoms with E-state index in [1.807, 2.05) is 25.1 Å².